The van der Waals surface area contributed by atoms with E-state index >= 15 is 0 Å². The number of nitrogens with zero attached hydrogens (tertiary/aromatic N) is 2. The van der Waals surface area contributed by atoms with Crippen molar-refractivity contribution < 1.29 is 4.79 Å². The maximum absolute atomic E-state index is 10.6. The molecule has 0 aliphatic heterocycles. The Balaban J connectivity index is 2.39. The second kappa shape index (κ2) is 6.70. The van der Waals surface area contributed by atoms with Crippen LogP contribution in [-0.2, 0) is 23.8 Å². The van der Waals surface area contributed by atoms with E-state index in [1.807, 2.05) is 11.7 Å². The third-order valence-corrected chi connectivity index (χ3v) is 2.96. The van der Waals surface area contributed by atoms with Gasteiger partial charge in [0.15, 0.2) is 0 Å². The van der Waals surface area contributed by atoms with Gasteiger partial charge >= 0.3 is 0 Å². The molecular weight excluding hydrogens is 240 g/mol. The molecule has 108 valence electrons. The van der Waals surface area contributed by atoms with Crippen molar-refractivity contribution in [2.45, 2.75) is 52.0 Å². The normalized spacial score (nSPS) is 11.8. The smallest absolute Gasteiger partial charge is 0.217 e. The summed E-state index contributed by atoms with van der Waals surface area (Å²) in [6.07, 6.45) is 4.36. The number of nitrogens with two attached hydrogens (primary N) is 1. The molecule has 3 N–H and O–H groups in total. The van der Waals surface area contributed by atoms with E-state index < -0.39 is 0 Å². The number of unbranched alkanes of at least 4 members (excludes halogenated alkanes) is 1. The highest BCUT2D eigenvalue weighted by molar-refractivity contribution is 5.73. The molecule has 0 aliphatic rings. The molecular formula is C14H26N4O. The average molecular weight is 266 g/mol. The van der Waals surface area contributed by atoms with E-state index in [4.69, 9.17) is 5.73 Å². The van der Waals surface area contributed by atoms with Crippen LogP contribution in [0.5, 0.6) is 0 Å². The summed E-state index contributed by atoms with van der Waals surface area (Å²) in [5.74, 6) is -0.220. The van der Waals surface area contributed by atoms with E-state index in [1.54, 1.807) is 0 Å². The van der Waals surface area contributed by atoms with Crippen LogP contribution < -0.4 is 11.1 Å². The van der Waals surface area contributed by atoms with Crippen LogP contribution in [0, 0.1) is 0 Å². The maximum Gasteiger partial charge on any atom is 0.217 e. The second-order valence-corrected chi connectivity index (χ2v) is 6.03. The third-order valence-electron chi connectivity index (χ3n) is 2.96. The summed E-state index contributed by atoms with van der Waals surface area (Å²) in [6.45, 7) is 8.23. The van der Waals surface area contributed by atoms with E-state index in [2.05, 4.69) is 37.4 Å². The highest BCUT2D eigenvalue weighted by Gasteiger charge is 2.21. The topological polar surface area (TPSA) is 72.9 Å². The number of nitrogens with one attached hydrogen (secondary N) is 1. The molecule has 0 spiro atoms. The summed E-state index contributed by atoms with van der Waals surface area (Å²) in [5, 5.41) is 7.93. The monoisotopic (exact) mass is 266 g/mol. The van der Waals surface area contributed by atoms with Gasteiger partial charge in [-0.2, -0.15) is 5.10 Å². The molecule has 1 heterocycles. The van der Waals surface area contributed by atoms with Crippen molar-refractivity contribution in [3.05, 3.63) is 17.5 Å². The van der Waals surface area contributed by atoms with Crippen molar-refractivity contribution in [1.29, 1.82) is 0 Å². The minimum absolute atomic E-state index is 0.0598. The van der Waals surface area contributed by atoms with Gasteiger partial charge in [-0.05, 0) is 19.4 Å². The van der Waals surface area contributed by atoms with Crippen molar-refractivity contribution in [3.8, 4) is 0 Å². The summed E-state index contributed by atoms with van der Waals surface area (Å²) in [6, 6.07) is 0. The molecule has 1 amide bonds. The lowest BCUT2D eigenvalue weighted by Gasteiger charge is -2.17. The number of rotatable bonds is 7. The first kappa shape index (κ1) is 15.7. The Morgan fingerprint density at radius 3 is 2.68 bits per heavy atom. The van der Waals surface area contributed by atoms with Crippen molar-refractivity contribution in [2.75, 3.05) is 6.54 Å². The van der Waals surface area contributed by atoms with Crippen molar-refractivity contribution >= 4 is 5.91 Å². The summed E-state index contributed by atoms with van der Waals surface area (Å²) in [4.78, 5) is 10.6. The SMILES string of the molecule is Cn1cc(CNCCCCC(N)=O)c(C(C)(C)C)n1. The lowest BCUT2D eigenvalue weighted by Crippen LogP contribution is -2.20. The zero-order valence-corrected chi connectivity index (χ0v) is 12.5. The quantitative estimate of drug-likeness (QED) is 0.734. The highest BCUT2D eigenvalue weighted by Crippen LogP contribution is 2.23. The van der Waals surface area contributed by atoms with Gasteiger partial charge in [0.05, 0.1) is 5.69 Å². The Morgan fingerprint density at radius 1 is 1.42 bits per heavy atom. The number of aryl methyl sites for hydroxylation is 1. The summed E-state index contributed by atoms with van der Waals surface area (Å²) < 4.78 is 1.87. The molecule has 0 aliphatic carbocycles. The number of hydrogen-bond acceptors (Lipinski definition) is 3. The van der Waals surface area contributed by atoms with Gasteiger partial charge in [0.2, 0.25) is 5.91 Å². The number of carbonyl (C=O) groups is 1. The Hall–Kier alpha value is -1.36. The van der Waals surface area contributed by atoms with Gasteiger partial charge in [-0.25, -0.2) is 0 Å². The molecule has 1 aromatic rings. The molecule has 5 nitrogen and oxygen atoms in total. The molecule has 19 heavy (non-hydrogen) atoms. The lowest BCUT2D eigenvalue weighted by molar-refractivity contribution is -0.118. The molecule has 0 saturated heterocycles. The zero-order chi connectivity index (χ0) is 14.5. The average Bonchev–Trinajstić information content (AvgIpc) is 2.64. The zero-order valence-electron chi connectivity index (χ0n) is 12.5. The first-order valence-electron chi connectivity index (χ1n) is 6.82. The molecule has 0 aromatic carbocycles. The number of hydrogen-bond donors (Lipinski definition) is 2. The lowest BCUT2D eigenvalue weighted by atomic mass is 9.89. The van der Waals surface area contributed by atoms with Crippen LogP contribution in [0.15, 0.2) is 6.20 Å². The van der Waals surface area contributed by atoms with Gasteiger partial charge < -0.3 is 11.1 Å². The third kappa shape index (κ3) is 5.42. The van der Waals surface area contributed by atoms with E-state index in [0.29, 0.717) is 6.42 Å². The van der Waals surface area contributed by atoms with Crippen molar-refractivity contribution in [2.24, 2.45) is 12.8 Å². The largest absolute Gasteiger partial charge is 0.370 e. The van der Waals surface area contributed by atoms with E-state index in [0.717, 1.165) is 31.6 Å². The molecule has 1 rings (SSSR count). The molecule has 0 fully saturated rings. The standard InChI is InChI=1S/C14H26N4O/c1-14(2,3)13-11(10-18(4)17-13)9-16-8-6-5-7-12(15)19/h10,16H,5-9H2,1-4H3,(H2,15,19). The molecule has 0 radical (unpaired) electrons. The molecule has 0 bridgehead atoms. The maximum atomic E-state index is 10.6. The molecule has 5 heteroatoms. The number of aromatic nitrogens is 2. The minimum atomic E-state index is -0.220. The molecule has 0 saturated carbocycles. The van der Waals surface area contributed by atoms with E-state index in [-0.39, 0.29) is 11.3 Å². The van der Waals surface area contributed by atoms with Crippen LogP contribution in [0.1, 0.15) is 51.3 Å². The second-order valence-electron chi connectivity index (χ2n) is 6.03. The van der Waals surface area contributed by atoms with Crippen LogP contribution >= 0.6 is 0 Å². The van der Waals surface area contributed by atoms with Gasteiger partial charge in [0.1, 0.15) is 0 Å². The number of carbonyl (C=O) groups excluding carboxylic acids is 1. The van der Waals surface area contributed by atoms with Gasteiger partial charge in [0.25, 0.3) is 0 Å². The van der Waals surface area contributed by atoms with Crippen LogP contribution in [0.3, 0.4) is 0 Å². The minimum Gasteiger partial charge on any atom is -0.370 e. The first-order chi connectivity index (χ1) is 8.80. The van der Waals surface area contributed by atoms with Crippen LogP contribution in [0.2, 0.25) is 0 Å². The van der Waals surface area contributed by atoms with Gasteiger partial charge in [0, 0.05) is 37.2 Å². The van der Waals surface area contributed by atoms with Crippen LogP contribution in [-0.4, -0.2) is 22.2 Å². The fourth-order valence-corrected chi connectivity index (χ4v) is 2.07. The Bertz CT molecular complexity index is 418. The van der Waals surface area contributed by atoms with Crippen LogP contribution in [0.4, 0.5) is 0 Å². The highest BCUT2D eigenvalue weighted by atomic mass is 16.1. The van der Waals surface area contributed by atoms with Gasteiger partial charge in [-0.1, -0.05) is 20.8 Å². The predicted molar refractivity (Wildman–Crippen MR) is 76.7 cm³/mol. The Morgan fingerprint density at radius 2 is 2.11 bits per heavy atom. The Kier molecular flexibility index (Phi) is 5.54. The summed E-state index contributed by atoms with van der Waals surface area (Å²) >= 11 is 0. The first-order valence-corrected chi connectivity index (χ1v) is 6.82. The molecule has 0 unspecified atom stereocenters. The molecule has 0 atom stereocenters. The number of amides is 1. The van der Waals surface area contributed by atoms with Crippen molar-refractivity contribution in [1.82, 2.24) is 15.1 Å². The predicted octanol–water partition coefficient (Wildman–Crippen LogP) is 1.46. The summed E-state index contributed by atoms with van der Waals surface area (Å²) in [7, 11) is 1.95. The summed E-state index contributed by atoms with van der Waals surface area (Å²) in [5.41, 5.74) is 7.54. The van der Waals surface area contributed by atoms with Crippen LogP contribution in [0.25, 0.3) is 0 Å². The fourth-order valence-electron chi connectivity index (χ4n) is 2.07. The van der Waals surface area contributed by atoms with Crippen molar-refractivity contribution in [3.63, 3.8) is 0 Å². The molecule has 1 aromatic heterocycles. The van der Waals surface area contributed by atoms with Gasteiger partial charge in [-0.3, -0.25) is 9.48 Å². The Labute approximate surface area is 115 Å². The van der Waals surface area contributed by atoms with E-state index in [9.17, 15) is 4.79 Å². The van der Waals surface area contributed by atoms with E-state index in [1.165, 1.54) is 5.56 Å². The number of primary amides is 1. The fraction of sp³-hybridized carbons (Fsp3) is 0.714. The van der Waals surface area contributed by atoms with Gasteiger partial charge in [-0.15, -0.1) is 0 Å².